The highest BCUT2D eigenvalue weighted by Gasteiger charge is 2.21. The van der Waals surface area contributed by atoms with Crippen molar-refractivity contribution in [1.82, 2.24) is 4.98 Å². The third kappa shape index (κ3) is 4.15. The second kappa shape index (κ2) is 8.67. The summed E-state index contributed by atoms with van der Waals surface area (Å²) in [6.45, 7) is 3.03. The molecule has 3 aromatic rings. The molecule has 1 aliphatic heterocycles. The molecule has 0 radical (unpaired) electrons. The standard InChI is InChI=1S/C26H29N3O2/c27-26-24(29-11-13-31-14-12-29)17-20-16-19(9-10-23(20)28-26)21-7-3-4-8-22(21)25(30)15-18-5-1-2-6-18/h3-4,7-10,16-18H,1-2,5-6,11-15H2,(H2,27,28). The van der Waals surface area contributed by atoms with Crippen LogP contribution in [-0.2, 0) is 4.74 Å². The van der Waals surface area contributed by atoms with Gasteiger partial charge in [-0.15, -0.1) is 0 Å². The number of hydrogen-bond acceptors (Lipinski definition) is 5. The number of pyridine rings is 1. The molecule has 5 nitrogen and oxygen atoms in total. The van der Waals surface area contributed by atoms with Crippen molar-refractivity contribution in [3.8, 4) is 11.1 Å². The van der Waals surface area contributed by atoms with Crippen LogP contribution in [0.4, 0.5) is 11.5 Å². The van der Waals surface area contributed by atoms with Gasteiger partial charge in [-0.3, -0.25) is 4.79 Å². The van der Waals surface area contributed by atoms with Gasteiger partial charge < -0.3 is 15.4 Å². The first kappa shape index (κ1) is 20.0. The second-order valence-electron chi connectivity index (χ2n) is 8.72. The van der Waals surface area contributed by atoms with E-state index in [-0.39, 0.29) is 5.78 Å². The van der Waals surface area contributed by atoms with Gasteiger partial charge in [0, 0.05) is 30.5 Å². The lowest BCUT2D eigenvalue weighted by molar-refractivity contribution is 0.0962. The lowest BCUT2D eigenvalue weighted by Crippen LogP contribution is -2.36. The average molecular weight is 416 g/mol. The fourth-order valence-corrected chi connectivity index (χ4v) is 4.97. The lowest BCUT2D eigenvalue weighted by Gasteiger charge is -2.29. The Bertz CT molecular complexity index is 1100. The highest BCUT2D eigenvalue weighted by Crippen LogP contribution is 2.34. The molecule has 2 aromatic carbocycles. The van der Waals surface area contributed by atoms with E-state index in [1.54, 1.807) is 0 Å². The number of rotatable bonds is 5. The van der Waals surface area contributed by atoms with E-state index in [1.807, 2.05) is 30.3 Å². The highest BCUT2D eigenvalue weighted by molar-refractivity contribution is 6.03. The number of Topliss-reactive ketones (excluding diaryl/α,β-unsaturated/α-hetero) is 1. The van der Waals surface area contributed by atoms with Crippen molar-refractivity contribution in [1.29, 1.82) is 0 Å². The van der Waals surface area contributed by atoms with Gasteiger partial charge in [0.15, 0.2) is 5.78 Å². The Morgan fingerprint density at radius 2 is 1.84 bits per heavy atom. The van der Waals surface area contributed by atoms with Gasteiger partial charge in [0.1, 0.15) is 5.82 Å². The summed E-state index contributed by atoms with van der Waals surface area (Å²) in [6, 6.07) is 16.3. The van der Waals surface area contributed by atoms with E-state index >= 15 is 0 Å². The highest BCUT2D eigenvalue weighted by atomic mass is 16.5. The van der Waals surface area contributed by atoms with Gasteiger partial charge in [-0.05, 0) is 35.2 Å². The molecular weight excluding hydrogens is 386 g/mol. The number of ketones is 1. The molecule has 2 aliphatic rings. The average Bonchev–Trinajstić information content (AvgIpc) is 3.32. The Morgan fingerprint density at radius 3 is 2.65 bits per heavy atom. The first-order valence-electron chi connectivity index (χ1n) is 11.3. The van der Waals surface area contributed by atoms with Crippen molar-refractivity contribution in [2.45, 2.75) is 32.1 Å². The smallest absolute Gasteiger partial charge is 0.163 e. The van der Waals surface area contributed by atoms with Gasteiger partial charge in [0.05, 0.1) is 24.4 Å². The summed E-state index contributed by atoms with van der Waals surface area (Å²) in [7, 11) is 0. The number of aromatic nitrogens is 1. The molecule has 2 fully saturated rings. The second-order valence-corrected chi connectivity index (χ2v) is 8.72. The van der Waals surface area contributed by atoms with E-state index < -0.39 is 0 Å². The molecule has 31 heavy (non-hydrogen) atoms. The van der Waals surface area contributed by atoms with Crippen LogP contribution in [0.25, 0.3) is 22.0 Å². The van der Waals surface area contributed by atoms with Gasteiger partial charge in [-0.25, -0.2) is 4.98 Å². The molecule has 0 spiro atoms. The Hall–Kier alpha value is -2.92. The molecule has 0 unspecified atom stereocenters. The van der Waals surface area contributed by atoms with E-state index in [0.29, 0.717) is 31.4 Å². The van der Waals surface area contributed by atoms with Crippen molar-refractivity contribution in [2.24, 2.45) is 5.92 Å². The number of fused-ring (bicyclic) bond motifs is 1. The van der Waals surface area contributed by atoms with E-state index in [2.05, 4.69) is 28.1 Å². The number of ether oxygens (including phenoxy) is 1. The summed E-state index contributed by atoms with van der Waals surface area (Å²) in [5.41, 5.74) is 11.0. The maximum absolute atomic E-state index is 13.1. The van der Waals surface area contributed by atoms with E-state index in [1.165, 1.54) is 25.7 Å². The van der Waals surface area contributed by atoms with Crippen molar-refractivity contribution in [3.05, 3.63) is 54.1 Å². The first-order chi connectivity index (χ1) is 15.2. The number of carbonyl (C=O) groups is 1. The van der Waals surface area contributed by atoms with Gasteiger partial charge in [-0.1, -0.05) is 56.0 Å². The summed E-state index contributed by atoms with van der Waals surface area (Å²) in [6.07, 6.45) is 5.53. The molecule has 1 saturated carbocycles. The minimum atomic E-state index is 0.257. The predicted octanol–water partition coefficient (Wildman–Crippen LogP) is 5.08. The van der Waals surface area contributed by atoms with E-state index in [0.717, 1.165) is 46.4 Å². The third-order valence-corrected chi connectivity index (χ3v) is 6.66. The van der Waals surface area contributed by atoms with Crippen LogP contribution in [0.3, 0.4) is 0 Å². The fraction of sp³-hybridized carbons (Fsp3) is 0.385. The fourth-order valence-electron chi connectivity index (χ4n) is 4.97. The van der Waals surface area contributed by atoms with Crippen molar-refractivity contribution in [3.63, 3.8) is 0 Å². The van der Waals surface area contributed by atoms with Gasteiger partial charge in [0.2, 0.25) is 0 Å². The number of nitrogens with two attached hydrogens (primary N) is 1. The topological polar surface area (TPSA) is 68.5 Å². The number of hydrogen-bond donors (Lipinski definition) is 1. The maximum Gasteiger partial charge on any atom is 0.163 e. The van der Waals surface area contributed by atoms with Gasteiger partial charge in [0.25, 0.3) is 0 Å². The van der Waals surface area contributed by atoms with E-state index in [4.69, 9.17) is 10.5 Å². The van der Waals surface area contributed by atoms with Gasteiger partial charge >= 0.3 is 0 Å². The number of carbonyl (C=O) groups excluding carboxylic acids is 1. The monoisotopic (exact) mass is 415 g/mol. The summed E-state index contributed by atoms with van der Waals surface area (Å²) < 4.78 is 5.47. The molecule has 1 saturated heterocycles. The minimum Gasteiger partial charge on any atom is -0.382 e. The lowest BCUT2D eigenvalue weighted by atomic mass is 9.91. The number of nitrogens with zero attached hydrogens (tertiary/aromatic N) is 2. The Kier molecular flexibility index (Phi) is 5.60. The molecule has 0 bridgehead atoms. The van der Waals surface area contributed by atoms with Crippen LogP contribution < -0.4 is 10.6 Å². The van der Waals surface area contributed by atoms with Crippen LogP contribution in [-0.4, -0.2) is 37.1 Å². The summed E-state index contributed by atoms with van der Waals surface area (Å²) in [4.78, 5) is 20.0. The third-order valence-electron chi connectivity index (χ3n) is 6.66. The molecule has 160 valence electrons. The maximum atomic E-state index is 13.1. The Balaban J connectivity index is 1.50. The first-order valence-corrected chi connectivity index (χ1v) is 11.3. The summed E-state index contributed by atoms with van der Waals surface area (Å²) >= 11 is 0. The Labute approximate surface area is 183 Å². The zero-order valence-corrected chi connectivity index (χ0v) is 17.8. The van der Waals surface area contributed by atoms with Crippen LogP contribution in [0.15, 0.2) is 48.5 Å². The number of anilines is 2. The van der Waals surface area contributed by atoms with Crippen LogP contribution in [0.1, 0.15) is 42.5 Å². The molecule has 1 aliphatic carbocycles. The molecule has 5 rings (SSSR count). The Morgan fingerprint density at radius 1 is 1.06 bits per heavy atom. The molecular formula is C26H29N3O2. The summed E-state index contributed by atoms with van der Waals surface area (Å²) in [5, 5.41) is 1.03. The zero-order chi connectivity index (χ0) is 21.2. The van der Waals surface area contributed by atoms with Crippen LogP contribution >= 0.6 is 0 Å². The van der Waals surface area contributed by atoms with Crippen molar-refractivity contribution < 1.29 is 9.53 Å². The van der Waals surface area contributed by atoms with Crippen LogP contribution in [0.5, 0.6) is 0 Å². The zero-order valence-electron chi connectivity index (χ0n) is 17.8. The summed E-state index contributed by atoms with van der Waals surface area (Å²) in [5.74, 6) is 1.35. The van der Waals surface area contributed by atoms with E-state index in [9.17, 15) is 4.79 Å². The molecule has 0 amide bonds. The minimum absolute atomic E-state index is 0.257. The molecule has 0 atom stereocenters. The number of benzene rings is 2. The van der Waals surface area contributed by atoms with Gasteiger partial charge in [-0.2, -0.15) is 0 Å². The SMILES string of the molecule is Nc1nc2ccc(-c3ccccc3C(=O)CC3CCCC3)cc2cc1N1CCOCC1. The molecule has 1 aromatic heterocycles. The van der Waals surface area contributed by atoms with Crippen molar-refractivity contribution in [2.75, 3.05) is 36.9 Å². The van der Waals surface area contributed by atoms with Crippen LogP contribution in [0, 0.1) is 5.92 Å². The quantitative estimate of drug-likeness (QED) is 0.588. The molecule has 2 heterocycles. The molecule has 5 heteroatoms. The van der Waals surface area contributed by atoms with Crippen molar-refractivity contribution >= 4 is 28.2 Å². The largest absolute Gasteiger partial charge is 0.382 e. The number of morpholine rings is 1. The normalized spacial score (nSPS) is 17.4. The van der Waals surface area contributed by atoms with Crippen LogP contribution in [0.2, 0.25) is 0 Å². The number of nitrogen functional groups attached to an aromatic ring is 1. The molecule has 2 N–H and O–H groups in total. The predicted molar refractivity (Wildman–Crippen MR) is 126 cm³/mol.